The van der Waals surface area contributed by atoms with Crippen LogP contribution in [-0.4, -0.2) is 93.0 Å². The molecule has 0 saturated carbocycles. The molecular formula is C33H41N3O12. The Bertz CT molecular complexity index is 1390. The predicted octanol–water partition coefficient (Wildman–Crippen LogP) is 3.76. The molecule has 260 valence electrons. The molecule has 2 saturated heterocycles. The van der Waals surface area contributed by atoms with Crippen LogP contribution in [0.25, 0.3) is 10.4 Å². The Morgan fingerprint density at radius 2 is 1.23 bits per heavy atom. The van der Waals surface area contributed by atoms with E-state index < -0.39 is 79.3 Å². The van der Waals surface area contributed by atoms with Gasteiger partial charge in [-0.3, -0.25) is 14.4 Å². The molecule has 2 heterocycles. The van der Waals surface area contributed by atoms with Crippen molar-refractivity contribution in [2.24, 2.45) is 5.11 Å². The van der Waals surface area contributed by atoms with Crippen molar-refractivity contribution in [1.29, 1.82) is 0 Å². The Morgan fingerprint density at radius 1 is 0.708 bits per heavy atom. The van der Waals surface area contributed by atoms with E-state index in [9.17, 15) is 19.9 Å². The van der Waals surface area contributed by atoms with E-state index in [2.05, 4.69) is 10.0 Å². The Hall–Kier alpha value is -4.08. The van der Waals surface area contributed by atoms with E-state index >= 15 is 0 Å². The highest BCUT2D eigenvalue weighted by atomic mass is 16.8. The summed E-state index contributed by atoms with van der Waals surface area (Å²) in [4.78, 5) is 39.5. The number of ether oxygens (including phenoxy) is 9. The lowest BCUT2D eigenvalue weighted by Gasteiger charge is -2.49. The Kier molecular flexibility index (Phi) is 13.7. The second-order valence-corrected chi connectivity index (χ2v) is 11.2. The molecule has 2 aliphatic heterocycles. The molecule has 0 aromatic heterocycles. The van der Waals surface area contributed by atoms with Crippen LogP contribution >= 0.6 is 0 Å². The molecule has 4 rings (SSSR count). The van der Waals surface area contributed by atoms with E-state index in [1.165, 1.54) is 21.0 Å². The SMILES string of the molecule is CO[C@H]1O[C@H](CN=[N+]=[N-])[C@@H](O[C@H]2O[C@@H](C)[C@H](OC(C)=O)[C@@H](OC(C)=O)[C@H]2OC(C)=O)[C@H](OCc2ccccc2)[C@H]1OCc1ccccc1. The maximum atomic E-state index is 12.4. The summed E-state index contributed by atoms with van der Waals surface area (Å²) in [6.07, 6.45) is -11.0. The molecule has 15 nitrogen and oxygen atoms in total. The average Bonchev–Trinajstić information content (AvgIpc) is 3.06. The lowest BCUT2D eigenvalue weighted by molar-refractivity contribution is -0.360. The third kappa shape index (κ3) is 9.97. The number of esters is 3. The van der Waals surface area contributed by atoms with Gasteiger partial charge in [-0.15, -0.1) is 0 Å². The zero-order valence-corrected chi connectivity index (χ0v) is 27.4. The van der Waals surface area contributed by atoms with Crippen LogP contribution in [0.1, 0.15) is 38.8 Å². The van der Waals surface area contributed by atoms with Crippen molar-refractivity contribution >= 4 is 17.9 Å². The van der Waals surface area contributed by atoms with Crippen LogP contribution in [-0.2, 0) is 70.2 Å². The zero-order valence-electron chi connectivity index (χ0n) is 27.4. The molecule has 2 aromatic carbocycles. The van der Waals surface area contributed by atoms with Gasteiger partial charge < -0.3 is 42.6 Å². The molecule has 2 fully saturated rings. The van der Waals surface area contributed by atoms with E-state index in [4.69, 9.17) is 42.6 Å². The van der Waals surface area contributed by atoms with Crippen molar-refractivity contribution in [2.75, 3.05) is 13.7 Å². The summed E-state index contributed by atoms with van der Waals surface area (Å²) in [6, 6.07) is 18.9. The summed E-state index contributed by atoms with van der Waals surface area (Å²) in [7, 11) is 1.45. The first-order chi connectivity index (χ1) is 23.1. The van der Waals surface area contributed by atoms with E-state index in [1.807, 2.05) is 60.7 Å². The highest BCUT2D eigenvalue weighted by Gasteiger charge is 2.55. The minimum atomic E-state index is -1.40. The number of rotatable bonds is 14. The third-order valence-corrected chi connectivity index (χ3v) is 7.64. The maximum Gasteiger partial charge on any atom is 0.303 e. The average molecular weight is 672 g/mol. The van der Waals surface area contributed by atoms with Gasteiger partial charge in [-0.25, -0.2) is 0 Å². The van der Waals surface area contributed by atoms with E-state index in [0.717, 1.165) is 18.1 Å². The Morgan fingerprint density at radius 3 is 1.75 bits per heavy atom. The molecule has 10 atom stereocenters. The van der Waals surface area contributed by atoms with Gasteiger partial charge in [-0.2, -0.15) is 0 Å². The van der Waals surface area contributed by atoms with E-state index in [1.54, 1.807) is 6.92 Å². The van der Waals surface area contributed by atoms with Crippen molar-refractivity contribution < 1.29 is 57.0 Å². The highest BCUT2D eigenvalue weighted by molar-refractivity contribution is 5.68. The lowest BCUT2D eigenvalue weighted by atomic mass is 9.96. The molecule has 15 heteroatoms. The topological polar surface area (TPSA) is 183 Å². The van der Waals surface area contributed by atoms with Gasteiger partial charge in [0.25, 0.3) is 0 Å². The van der Waals surface area contributed by atoms with Crippen LogP contribution in [0.3, 0.4) is 0 Å². The van der Waals surface area contributed by atoms with E-state index in [-0.39, 0.29) is 19.8 Å². The number of hydrogen-bond acceptors (Lipinski definition) is 13. The van der Waals surface area contributed by atoms with Crippen molar-refractivity contribution in [3.63, 3.8) is 0 Å². The Balaban J connectivity index is 1.74. The summed E-state index contributed by atoms with van der Waals surface area (Å²) in [5, 5.41) is 3.73. The molecule has 0 radical (unpaired) electrons. The molecule has 0 aliphatic carbocycles. The number of azide groups is 1. The fourth-order valence-electron chi connectivity index (χ4n) is 5.63. The summed E-state index contributed by atoms with van der Waals surface area (Å²) in [5.74, 6) is -2.12. The first kappa shape index (κ1) is 36.8. The summed E-state index contributed by atoms with van der Waals surface area (Å²) < 4.78 is 54.2. The first-order valence-electron chi connectivity index (χ1n) is 15.4. The largest absolute Gasteiger partial charge is 0.456 e. The van der Waals surface area contributed by atoms with Gasteiger partial charge in [0.05, 0.1) is 32.0 Å². The molecule has 0 amide bonds. The van der Waals surface area contributed by atoms with Crippen LogP contribution in [0.5, 0.6) is 0 Å². The minimum absolute atomic E-state index is 0.126. The number of carbonyl (C=O) groups excluding carboxylic acids is 3. The fourth-order valence-corrected chi connectivity index (χ4v) is 5.63. The number of hydrogen-bond donors (Lipinski definition) is 0. The van der Waals surface area contributed by atoms with Crippen molar-refractivity contribution in [2.45, 2.75) is 102 Å². The number of benzene rings is 2. The van der Waals surface area contributed by atoms with Crippen LogP contribution in [0.15, 0.2) is 65.8 Å². The molecular weight excluding hydrogens is 630 g/mol. The lowest BCUT2D eigenvalue weighted by Crippen LogP contribution is -2.66. The van der Waals surface area contributed by atoms with Gasteiger partial charge in [0.2, 0.25) is 0 Å². The molecule has 48 heavy (non-hydrogen) atoms. The van der Waals surface area contributed by atoms with Gasteiger partial charge in [-0.05, 0) is 23.6 Å². The van der Waals surface area contributed by atoms with Gasteiger partial charge >= 0.3 is 17.9 Å². The molecule has 0 N–H and O–H groups in total. The standard InChI is InChI=1S/C33H41N3O12/c1-19-26(44-20(2)37)29(45-21(3)38)31(46-22(4)39)33(43-19)48-27-25(16-35-36-34)47-32(40-5)30(42-18-24-14-10-7-11-15-24)28(27)41-17-23-12-8-6-9-13-23/h6-15,19,25-33H,16-18H2,1-5H3/t19-,25+,26-,27+,28-,29+,30+,31+,32-,33+/m0/s1. The predicted molar refractivity (Wildman–Crippen MR) is 166 cm³/mol. The molecule has 2 aliphatic rings. The second kappa shape index (κ2) is 17.9. The van der Waals surface area contributed by atoms with Gasteiger partial charge in [0, 0.05) is 32.8 Å². The van der Waals surface area contributed by atoms with Crippen LogP contribution in [0.4, 0.5) is 0 Å². The molecule has 2 aromatic rings. The van der Waals surface area contributed by atoms with Crippen LogP contribution < -0.4 is 0 Å². The number of carbonyl (C=O) groups is 3. The van der Waals surface area contributed by atoms with Gasteiger partial charge in [-0.1, -0.05) is 65.8 Å². The molecule has 0 bridgehead atoms. The first-order valence-corrected chi connectivity index (χ1v) is 15.4. The molecule has 0 spiro atoms. The van der Waals surface area contributed by atoms with Crippen LogP contribution in [0, 0.1) is 0 Å². The van der Waals surface area contributed by atoms with E-state index in [0.29, 0.717) is 0 Å². The third-order valence-electron chi connectivity index (χ3n) is 7.64. The zero-order chi connectivity index (χ0) is 34.6. The maximum absolute atomic E-state index is 12.4. The smallest absolute Gasteiger partial charge is 0.303 e. The fraction of sp³-hybridized carbons (Fsp3) is 0.545. The normalized spacial score (nSPS) is 30.0. The summed E-state index contributed by atoms with van der Waals surface area (Å²) in [5.41, 5.74) is 10.9. The van der Waals surface area contributed by atoms with Gasteiger partial charge in [0.1, 0.15) is 18.3 Å². The number of methoxy groups -OCH3 is 1. The molecule has 0 unspecified atom stereocenters. The van der Waals surface area contributed by atoms with Crippen LogP contribution in [0.2, 0.25) is 0 Å². The summed E-state index contributed by atoms with van der Waals surface area (Å²) >= 11 is 0. The van der Waals surface area contributed by atoms with Crippen molar-refractivity contribution in [3.05, 3.63) is 82.2 Å². The monoisotopic (exact) mass is 671 g/mol. The van der Waals surface area contributed by atoms with Gasteiger partial charge in [0.15, 0.2) is 30.9 Å². The van der Waals surface area contributed by atoms with Crippen molar-refractivity contribution in [1.82, 2.24) is 0 Å². The Labute approximate surface area is 278 Å². The number of nitrogens with zero attached hydrogens (tertiary/aromatic N) is 3. The second-order valence-electron chi connectivity index (χ2n) is 11.2. The quantitative estimate of drug-likeness (QED) is 0.0933. The minimum Gasteiger partial charge on any atom is -0.456 e. The summed E-state index contributed by atoms with van der Waals surface area (Å²) in [6.45, 7) is 5.20. The van der Waals surface area contributed by atoms with Crippen molar-refractivity contribution in [3.8, 4) is 0 Å². The highest BCUT2D eigenvalue weighted by Crippen LogP contribution is 2.35.